The number of nitrogens with zero attached hydrogens (tertiary/aromatic N) is 5. The van der Waals surface area contributed by atoms with Crippen LogP contribution in [0.5, 0.6) is 0 Å². The maximum absolute atomic E-state index is 13.3. The molecule has 0 aliphatic carbocycles. The van der Waals surface area contributed by atoms with E-state index in [2.05, 4.69) is 26.9 Å². The van der Waals surface area contributed by atoms with Gasteiger partial charge in [0.05, 0.1) is 12.6 Å². The standard InChI is InChI=1S/C22H25N5O2/c1-4-26-15(2)10-11-19(22(26)29)21(28)25-13-18(12-17-8-6-5-7-9-17)27-16(3)23-24-20(27)14-25/h5-11,18H,4,12-14H2,1-3H3/t18-/m1/s1. The molecule has 0 radical (unpaired) electrons. The summed E-state index contributed by atoms with van der Waals surface area (Å²) < 4.78 is 3.75. The van der Waals surface area contributed by atoms with E-state index < -0.39 is 0 Å². The van der Waals surface area contributed by atoms with Gasteiger partial charge in [0.15, 0.2) is 5.82 Å². The quantitative estimate of drug-likeness (QED) is 0.685. The van der Waals surface area contributed by atoms with Crippen molar-refractivity contribution in [2.45, 2.75) is 46.3 Å². The SMILES string of the molecule is CCn1c(C)ccc(C(=O)N2Cc3nnc(C)n3[C@H](Cc3ccccc3)C2)c1=O. The van der Waals surface area contributed by atoms with Crippen LogP contribution in [0.3, 0.4) is 0 Å². The first-order valence-corrected chi connectivity index (χ1v) is 9.93. The Morgan fingerprint density at radius 3 is 2.59 bits per heavy atom. The third kappa shape index (κ3) is 3.48. The second-order valence-corrected chi connectivity index (χ2v) is 7.50. The third-order valence-electron chi connectivity index (χ3n) is 5.61. The monoisotopic (exact) mass is 391 g/mol. The summed E-state index contributed by atoms with van der Waals surface area (Å²) in [6, 6.07) is 13.7. The van der Waals surface area contributed by atoms with Crippen molar-refractivity contribution in [2.75, 3.05) is 6.54 Å². The van der Waals surface area contributed by atoms with Crippen LogP contribution in [0.15, 0.2) is 47.3 Å². The van der Waals surface area contributed by atoms with Crippen molar-refractivity contribution in [3.8, 4) is 0 Å². The van der Waals surface area contributed by atoms with Gasteiger partial charge in [-0.15, -0.1) is 10.2 Å². The number of aryl methyl sites for hydroxylation is 2. The predicted octanol–water partition coefficient (Wildman–Crippen LogP) is 2.52. The zero-order valence-corrected chi connectivity index (χ0v) is 17.0. The van der Waals surface area contributed by atoms with E-state index in [-0.39, 0.29) is 23.1 Å². The highest BCUT2D eigenvalue weighted by Gasteiger charge is 2.32. The van der Waals surface area contributed by atoms with Gasteiger partial charge in [0.2, 0.25) is 0 Å². The molecule has 1 aliphatic heterocycles. The van der Waals surface area contributed by atoms with Gasteiger partial charge in [-0.3, -0.25) is 9.59 Å². The molecule has 3 heterocycles. The summed E-state index contributed by atoms with van der Waals surface area (Å²) in [7, 11) is 0. The Bertz CT molecular complexity index is 1100. The number of rotatable bonds is 4. The smallest absolute Gasteiger partial charge is 0.263 e. The molecular weight excluding hydrogens is 366 g/mol. The molecule has 7 nitrogen and oxygen atoms in total. The molecule has 1 aliphatic rings. The molecule has 4 rings (SSSR count). The van der Waals surface area contributed by atoms with E-state index in [0.717, 1.165) is 23.8 Å². The van der Waals surface area contributed by atoms with Gasteiger partial charge >= 0.3 is 0 Å². The van der Waals surface area contributed by atoms with E-state index in [1.54, 1.807) is 15.5 Å². The minimum atomic E-state index is -0.248. The van der Waals surface area contributed by atoms with Crippen LogP contribution in [0.2, 0.25) is 0 Å². The molecular formula is C22H25N5O2. The Morgan fingerprint density at radius 2 is 1.86 bits per heavy atom. The molecule has 1 aromatic carbocycles. The number of hydrogen-bond donors (Lipinski definition) is 0. The Hall–Kier alpha value is -3.22. The van der Waals surface area contributed by atoms with Crippen molar-refractivity contribution in [3.63, 3.8) is 0 Å². The topological polar surface area (TPSA) is 73.0 Å². The van der Waals surface area contributed by atoms with Gasteiger partial charge in [-0.1, -0.05) is 30.3 Å². The lowest BCUT2D eigenvalue weighted by molar-refractivity contribution is 0.0669. The van der Waals surface area contributed by atoms with Gasteiger partial charge in [-0.05, 0) is 44.9 Å². The van der Waals surface area contributed by atoms with Crippen molar-refractivity contribution in [1.82, 2.24) is 24.2 Å². The van der Waals surface area contributed by atoms with Gasteiger partial charge in [0.1, 0.15) is 11.4 Å². The lowest BCUT2D eigenvalue weighted by Gasteiger charge is -2.34. The minimum Gasteiger partial charge on any atom is -0.329 e. The van der Waals surface area contributed by atoms with Crippen LogP contribution >= 0.6 is 0 Å². The Labute approximate surface area is 169 Å². The minimum absolute atomic E-state index is 0.0268. The molecule has 3 aromatic rings. The van der Waals surface area contributed by atoms with E-state index >= 15 is 0 Å². The van der Waals surface area contributed by atoms with E-state index in [1.165, 1.54) is 5.56 Å². The highest BCUT2D eigenvalue weighted by atomic mass is 16.2. The molecule has 150 valence electrons. The largest absolute Gasteiger partial charge is 0.329 e. The summed E-state index contributed by atoms with van der Waals surface area (Å²) >= 11 is 0. The molecule has 0 unspecified atom stereocenters. The highest BCUT2D eigenvalue weighted by molar-refractivity contribution is 5.94. The molecule has 0 fully saturated rings. The van der Waals surface area contributed by atoms with Crippen molar-refractivity contribution < 1.29 is 4.79 Å². The maximum atomic E-state index is 13.3. The number of carbonyl (C=O) groups is 1. The summed E-state index contributed by atoms with van der Waals surface area (Å²) in [4.78, 5) is 27.8. The number of hydrogen-bond acceptors (Lipinski definition) is 4. The van der Waals surface area contributed by atoms with Crippen LogP contribution in [0.25, 0.3) is 0 Å². The zero-order valence-electron chi connectivity index (χ0n) is 17.0. The van der Waals surface area contributed by atoms with Crippen LogP contribution in [0.1, 0.15) is 46.2 Å². The summed E-state index contributed by atoms with van der Waals surface area (Å²) in [5, 5.41) is 8.50. The first kappa shape index (κ1) is 19.1. The Kier molecular flexibility index (Phi) is 5.05. The van der Waals surface area contributed by atoms with Gasteiger partial charge in [-0.2, -0.15) is 0 Å². The van der Waals surface area contributed by atoms with Crippen molar-refractivity contribution in [1.29, 1.82) is 0 Å². The maximum Gasteiger partial charge on any atom is 0.263 e. The summed E-state index contributed by atoms with van der Waals surface area (Å²) in [6.45, 7) is 7.12. The number of pyridine rings is 1. The van der Waals surface area contributed by atoms with Crippen LogP contribution in [0, 0.1) is 13.8 Å². The first-order valence-electron chi connectivity index (χ1n) is 9.93. The summed E-state index contributed by atoms with van der Waals surface area (Å²) in [6.07, 6.45) is 0.767. The fraction of sp³-hybridized carbons (Fsp3) is 0.364. The normalized spacial score (nSPS) is 16.0. The fourth-order valence-electron chi connectivity index (χ4n) is 4.16. The van der Waals surface area contributed by atoms with Crippen molar-refractivity contribution in [3.05, 3.63) is 81.3 Å². The number of aromatic nitrogens is 4. The molecule has 1 amide bonds. The van der Waals surface area contributed by atoms with Crippen LogP contribution < -0.4 is 5.56 Å². The van der Waals surface area contributed by atoms with Gasteiger partial charge < -0.3 is 14.0 Å². The van der Waals surface area contributed by atoms with Gasteiger partial charge in [0.25, 0.3) is 11.5 Å². The number of amides is 1. The molecule has 7 heteroatoms. The van der Waals surface area contributed by atoms with Crippen LogP contribution in [-0.2, 0) is 19.5 Å². The van der Waals surface area contributed by atoms with E-state index in [4.69, 9.17) is 0 Å². The number of benzene rings is 1. The average Bonchev–Trinajstić information content (AvgIpc) is 3.10. The van der Waals surface area contributed by atoms with Gasteiger partial charge in [-0.25, -0.2) is 0 Å². The Morgan fingerprint density at radius 1 is 1.10 bits per heavy atom. The van der Waals surface area contributed by atoms with Crippen molar-refractivity contribution >= 4 is 5.91 Å². The lowest BCUT2D eigenvalue weighted by Crippen LogP contribution is -2.44. The zero-order chi connectivity index (χ0) is 20.5. The molecule has 2 aromatic heterocycles. The summed E-state index contributed by atoms with van der Waals surface area (Å²) in [5.41, 5.74) is 2.01. The highest BCUT2D eigenvalue weighted by Crippen LogP contribution is 2.26. The number of fused-ring (bicyclic) bond motifs is 1. The van der Waals surface area contributed by atoms with Gasteiger partial charge in [0, 0.05) is 18.8 Å². The Balaban J connectivity index is 1.68. The average molecular weight is 391 g/mol. The molecule has 1 atom stereocenters. The molecule has 0 spiro atoms. The van der Waals surface area contributed by atoms with E-state index in [0.29, 0.717) is 19.6 Å². The van der Waals surface area contributed by atoms with E-state index in [9.17, 15) is 9.59 Å². The van der Waals surface area contributed by atoms with Crippen LogP contribution in [-0.4, -0.2) is 36.7 Å². The number of carbonyl (C=O) groups excluding carboxylic acids is 1. The summed E-state index contributed by atoms with van der Waals surface area (Å²) in [5.74, 6) is 1.35. The molecule has 0 saturated heterocycles. The first-order chi connectivity index (χ1) is 14.0. The fourth-order valence-corrected chi connectivity index (χ4v) is 4.16. The van der Waals surface area contributed by atoms with Crippen LogP contribution in [0.4, 0.5) is 0 Å². The second kappa shape index (κ2) is 7.66. The molecule has 0 bridgehead atoms. The molecule has 29 heavy (non-hydrogen) atoms. The van der Waals surface area contributed by atoms with E-state index in [1.807, 2.05) is 45.0 Å². The second-order valence-electron chi connectivity index (χ2n) is 7.50. The lowest BCUT2D eigenvalue weighted by atomic mass is 10.0. The predicted molar refractivity (Wildman–Crippen MR) is 110 cm³/mol. The molecule has 0 N–H and O–H groups in total. The third-order valence-corrected chi connectivity index (χ3v) is 5.61. The van der Waals surface area contributed by atoms with Crippen molar-refractivity contribution in [2.24, 2.45) is 0 Å². The molecule has 0 saturated carbocycles.